The average Bonchev–Trinajstić information content (AvgIpc) is 3.33. The zero-order chi connectivity index (χ0) is 40.1. The Morgan fingerprint density at radius 1 is 0.317 bits per heavy atom. The predicted octanol–water partition coefficient (Wildman–Crippen LogP) is 13.3. The molecule has 294 valence electrons. The minimum Gasteiger partial charge on any atom is -0.463 e. The Morgan fingerprint density at radius 3 is 0.917 bits per heavy atom. The second kappa shape index (κ2) is 17.8. The van der Waals surface area contributed by atoms with Gasteiger partial charge in [0.1, 0.15) is 11.5 Å². The third-order valence-corrected chi connectivity index (χ3v) is 15.8. The van der Waals surface area contributed by atoms with Crippen molar-refractivity contribution in [1.29, 1.82) is 0 Å². The molecule has 0 aliphatic heterocycles. The number of rotatable bonds is 11. The van der Waals surface area contributed by atoms with Crippen LogP contribution in [0.15, 0.2) is 194 Å². The molecule has 0 fully saturated rings. The Kier molecular flexibility index (Phi) is 11.4. The normalized spacial score (nSPS) is 13.4. The molecule has 2 nitrogen and oxygen atoms in total. The largest absolute Gasteiger partial charge is 0.463 e. The molecule has 0 unspecified atom stereocenters. The average molecular weight is 815 g/mol. The maximum Gasteiger partial charge on any atom is 0.150 e. The van der Waals surface area contributed by atoms with Crippen molar-refractivity contribution in [2.75, 3.05) is 0 Å². The van der Waals surface area contributed by atoms with Crippen molar-refractivity contribution in [3.8, 4) is 44.9 Å². The van der Waals surface area contributed by atoms with Gasteiger partial charge >= 0.3 is 0 Å². The second-order valence-corrected chi connectivity index (χ2v) is 19.4. The van der Waals surface area contributed by atoms with Gasteiger partial charge in [0.15, 0.2) is 16.3 Å². The SMILES string of the molecule is c1ccc(-c2cc3c(c(-c4c5c(cc(-c6ccccc6)c4OP(c4ccccc4)c4ccccc4)CCCC5)c2OP(c2ccccc2)c2ccccc2)CCCC3)cc1. The van der Waals surface area contributed by atoms with Gasteiger partial charge in [-0.15, -0.1) is 0 Å². The topological polar surface area (TPSA) is 18.5 Å². The highest BCUT2D eigenvalue weighted by atomic mass is 31.1. The lowest BCUT2D eigenvalue weighted by Crippen LogP contribution is -2.18. The van der Waals surface area contributed by atoms with Crippen molar-refractivity contribution in [3.05, 3.63) is 216 Å². The third-order valence-electron chi connectivity index (χ3n) is 12.0. The van der Waals surface area contributed by atoms with Gasteiger partial charge in [-0.05, 0) is 96.9 Å². The molecule has 0 spiro atoms. The molecule has 2 aliphatic rings. The molecule has 2 aliphatic carbocycles. The van der Waals surface area contributed by atoms with Gasteiger partial charge < -0.3 is 9.05 Å². The van der Waals surface area contributed by atoms with Crippen LogP contribution >= 0.6 is 16.3 Å². The third kappa shape index (κ3) is 7.84. The van der Waals surface area contributed by atoms with Gasteiger partial charge in [-0.2, -0.15) is 0 Å². The van der Waals surface area contributed by atoms with Crippen LogP contribution in [0, 0.1) is 0 Å². The first kappa shape index (κ1) is 38.4. The van der Waals surface area contributed by atoms with E-state index in [-0.39, 0.29) is 0 Å². The highest BCUT2D eigenvalue weighted by Gasteiger charge is 2.34. The Bertz CT molecular complexity index is 2420. The van der Waals surface area contributed by atoms with E-state index in [4.69, 9.17) is 9.05 Å². The number of hydrogen-bond donors (Lipinski definition) is 0. The summed E-state index contributed by atoms with van der Waals surface area (Å²) in [4.78, 5) is 0. The molecule has 60 heavy (non-hydrogen) atoms. The van der Waals surface area contributed by atoms with Gasteiger partial charge in [-0.3, -0.25) is 0 Å². The Labute approximate surface area is 357 Å². The first-order valence-electron chi connectivity index (χ1n) is 21.5. The van der Waals surface area contributed by atoms with Crippen LogP contribution in [0.3, 0.4) is 0 Å². The zero-order valence-corrected chi connectivity index (χ0v) is 35.6. The monoisotopic (exact) mass is 814 g/mol. The van der Waals surface area contributed by atoms with E-state index in [0.29, 0.717) is 0 Å². The first-order valence-corrected chi connectivity index (χ1v) is 24.0. The van der Waals surface area contributed by atoms with Crippen molar-refractivity contribution in [1.82, 2.24) is 0 Å². The second-order valence-electron chi connectivity index (χ2n) is 15.8. The summed E-state index contributed by atoms with van der Waals surface area (Å²) in [5, 5.41) is 4.76. The highest BCUT2D eigenvalue weighted by molar-refractivity contribution is 7.69. The van der Waals surface area contributed by atoms with Gasteiger partial charge in [0.05, 0.1) is 0 Å². The molecule has 0 amide bonds. The lowest BCUT2D eigenvalue weighted by atomic mass is 9.77. The molecule has 4 heteroatoms. The van der Waals surface area contributed by atoms with E-state index in [1.807, 2.05) is 0 Å². The van der Waals surface area contributed by atoms with E-state index in [2.05, 4.69) is 194 Å². The summed E-state index contributed by atoms with van der Waals surface area (Å²) in [5.74, 6) is 1.93. The molecule has 0 bridgehead atoms. The summed E-state index contributed by atoms with van der Waals surface area (Å²) >= 11 is 0. The minimum absolute atomic E-state index is 0.965. The Balaban J connectivity index is 1.33. The zero-order valence-electron chi connectivity index (χ0n) is 33.8. The predicted molar refractivity (Wildman–Crippen MR) is 255 cm³/mol. The van der Waals surface area contributed by atoms with Crippen molar-refractivity contribution in [2.24, 2.45) is 0 Å². The van der Waals surface area contributed by atoms with Crippen molar-refractivity contribution in [2.45, 2.75) is 51.4 Å². The number of benzene rings is 8. The van der Waals surface area contributed by atoms with Crippen LogP contribution in [-0.2, 0) is 25.7 Å². The molecular formula is C56H48O2P2. The van der Waals surface area contributed by atoms with E-state index in [1.165, 1.54) is 78.6 Å². The van der Waals surface area contributed by atoms with Gasteiger partial charge in [-0.25, -0.2) is 0 Å². The van der Waals surface area contributed by atoms with Crippen molar-refractivity contribution in [3.63, 3.8) is 0 Å². The Morgan fingerprint density at radius 2 is 0.600 bits per heavy atom. The van der Waals surface area contributed by atoms with Gasteiger partial charge in [0.25, 0.3) is 0 Å². The quantitative estimate of drug-likeness (QED) is 0.121. The molecule has 0 heterocycles. The molecule has 0 aromatic heterocycles. The molecule has 0 saturated carbocycles. The summed E-state index contributed by atoms with van der Waals surface area (Å²) in [6.45, 7) is 0. The maximum atomic E-state index is 7.90. The van der Waals surface area contributed by atoms with E-state index in [1.54, 1.807) is 0 Å². The van der Waals surface area contributed by atoms with Crippen LogP contribution in [0.5, 0.6) is 11.5 Å². The molecule has 0 radical (unpaired) electrons. The van der Waals surface area contributed by atoms with Crippen LogP contribution in [0.2, 0.25) is 0 Å². The van der Waals surface area contributed by atoms with E-state index in [0.717, 1.165) is 61.2 Å². The first-order chi connectivity index (χ1) is 29.8. The van der Waals surface area contributed by atoms with Gasteiger partial charge in [0.2, 0.25) is 0 Å². The van der Waals surface area contributed by atoms with Gasteiger partial charge in [0, 0.05) is 43.5 Å². The summed E-state index contributed by atoms with van der Waals surface area (Å²) < 4.78 is 15.8. The van der Waals surface area contributed by atoms with Crippen LogP contribution in [0.4, 0.5) is 0 Å². The van der Waals surface area contributed by atoms with Crippen molar-refractivity contribution >= 4 is 37.5 Å². The highest BCUT2D eigenvalue weighted by Crippen LogP contribution is 2.57. The van der Waals surface area contributed by atoms with Crippen molar-refractivity contribution < 1.29 is 9.05 Å². The lowest BCUT2D eigenvalue weighted by Gasteiger charge is -2.33. The van der Waals surface area contributed by atoms with E-state index < -0.39 is 16.3 Å². The minimum atomic E-state index is -1.25. The smallest absolute Gasteiger partial charge is 0.150 e. The Hall–Kier alpha value is -5.78. The fraction of sp³-hybridized carbons (Fsp3) is 0.143. The number of aryl methyl sites for hydroxylation is 2. The molecular weight excluding hydrogens is 767 g/mol. The molecule has 0 atom stereocenters. The summed E-state index contributed by atoms with van der Waals surface area (Å²) in [5.41, 5.74) is 12.8. The van der Waals surface area contributed by atoms with Crippen LogP contribution in [-0.4, -0.2) is 0 Å². The molecule has 0 N–H and O–H groups in total. The van der Waals surface area contributed by atoms with E-state index in [9.17, 15) is 0 Å². The molecule has 10 rings (SSSR count). The fourth-order valence-corrected chi connectivity index (χ4v) is 12.6. The maximum absolute atomic E-state index is 7.90. The summed E-state index contributed by atoms with van der Waals surface area (Å²) in [6.07, 6.45) is 8.75. The lowest BCUT2D eigenvalue weighted by molar-refractivity contribution is 0.612. The van der Waals surface area contributed by atoms with E-state index >= 15 is 0 Å². The molecule has 8 aromatic carbocycles. The molecule has 0 saturated heterocycles. The van der Waals surface area contributed by atoms with Crippen LogP contribution in [0.1, 0.15) is 47.9 Å². The van der Waals surface area contributed by atoms with Crippen LogP contribution < -0.4 is 30.3 Å². The van der Waals surface area contributed by atoms with Crippen LogP contribution in [0.25, 0.3) is 33.4 Å². The standard InChI is InChI=1S/C56H48O2P2/c1-7-23-41(24-8-1)51-39-43-27-19-21-37-49(43)53(55(51)57-59(45-29-11-3-12-30-45)46-31-13-4-14-32-46)54-50-38-22-20-28-44(50)40-52(42-25-9-2-10-26-42)56(54)58-60(47-33-15-5-16-34-47)48-35-17-6-18-36-48/h1-18,23-26,29-36,39-40H,19-22,27-28,37-38H2. The summed E-state index contributed by atoms with van der Waals surface area (Å²) in [7, 11) is -2.50. The summed E-state index contributed by atoms with van der Waals surface area (Å²) in [6, 6.07) is 70.3. The van der Waals surface area contributed by atoms with Gasteiger partial charge in [-0.1, -0.05) is 182 Å². The number of hydrogen-bond acceptors (Lipinski definition) is 2. The number of fused-ring (bicyclic) bond motifs is 2. The molecule has 8 aromatic rings. The fourth-order valence-electron chi connectivity index (χ4n) is 9.10.